The molecule has 0 unspecified atom stereocenters. The van der Waals surface area contributed by atoms with Gasteiger partial charge in [-0.1, -0.05) is 19.1 Å². The number of carbonyl (C=O) groups is 1. The van der Waals surface area contributed by atoms with Crippen molar-refractivity contribution in [1.82, 2.24) is 24.6 Å². The molecule has 9 heteroatoms. The lowest BCUT2D eigenvalue weighted by Gasteiger charge is -2.35. The molecule has 1 fully saturated rings. The SMILES string of the molecule is CCc1nc(N2CCN(C(=O)COc3ccccc3OC)CC2)c2c(n1)c(C)nn2C. The fourth-order valence-corrected chi connectivity index (χ4v) is 3.88. The minimum atomic E-state index is -0.0379. The molecule has 1 saturated heterocycles. The largest absolute Gasteiger partial charge is 0.493 e. The standard InChI is InChI=1S/C22H28N6O3/c1-5-18-23-20-15(2)25-26(3)21(20)22(24-18)28-12-10-27(11-13-28)19(29)14-31-17-9-7-6-8-16(17)30-4/h6-9H,5,10-14H2,1-4H3. The zero-order valence-electron chi connectivity index (χ0n) is 18.5. The second-order valence-electron chi connectivity index (χ2n) is 7.53. The number of aryl methyl sites for hydroxylation is 3. The highest BCUT2D eigenvalue weighted by molar-refractivity contribution is 5.88. The van der Waals surface area contributed by atoms with E-state index in [1.165, 1.54) is 0 Å². The van der Waals surface area contributed by atoms with Gasteiger partial charge in [-0.05, 0) is 19.1 Å². The van der Waals surface area contributed by atoms with E-state index >= 15 is 0 Å². The number of anilines is 1. The summed E-state index contributed by atoms with van der Waals surface area (Å²) in [7, 11) is 3.50. The predicted octanol–water partition coefficient (Wildman–Crippen LogP) is 1.97. The number of piperazine rings is 1. The zero-order chi connectivity index (χ0) is 22.0. The highest BCUT2D eigenvalue weighted by Gasteiger charge is 2.26. The van der Waals surface area contributed by atoms with Crippen LogP contribution in [0, 0.1) is 6.92 Å². The Bertz CT molecular complexity index is 1090. The monoisotopic (exact) mass is 424 g/mol. The van der Waals surface area contributed by atoms with E-state index in [-0.39, 0.29) is 12.5 Å². The maximum atomic E-state index is 12.7. The van der Waals surface area contributed by atoms with Gasteiger partial charge in [-0.15, -0.1) is 0 Å². The molecule has 3 aromatic rings. The first-order chi connectivity index (χ1) is 15.0. The number of carbonyl (C=O) groups excluding carboxylic acids is 1. The summed E-state index contributed by atoms with van der Waals surface area (Å²) in [5.74, 6) is 2.85. The van der Waals surface area contributed by atoms with Crippen LogP contribution in [0.5, 0.6) is 11.5 Å². The number of nitrogens with zero attached hydrogens (tertiary/aromatic N) is 6. The molecule has 9 nitrogen and oxygen atoms in total. The van der Waals surface area contributed by atoms with Crippen LogP contribution in [0.4, 0.5) is 5.82 Å². The second kappa shape index (κ2) is 8.79. The minimum Gasteiger partial charge on any atom is -0.493 e. The number of fused-ring (bicyclic) bond motifs is 1. The van der Waals surface area contributed by atoms with Gasteiger partial charge in [0.1, 0.15) is 16.9 Å². The number of hydrogen-bond acceptors (Lipinski definition) is 7. The number of methoxy groups -OCH3 is 1. The Kier molecular flexibility index (Phi) is 5.92. The van der Waals surface area contributed by atoms with Crippen molar-refractivity contribution in [3.63, 3.8) is 0 Å². The van der Waals surface area contributed by atoms with Gasteiger partial charge in [0.05, 0.1) is 12.8 Å². The molecule has 0 spiro atoms. The van der Waals surface area contributed by atoms with E-state index in [9.17, 15) is 4.79 Å². The van der Waals surface area contributed by atoms with Crippen LogP contribution in [0.1, 0.15) is 18.4 Å². The van der Waals surface area contributed by atoms with Gasteiger partial charge in [0.25, 0.3) is 5.91 Å². The van der Waals surface area contributed by atoms with E-state index in [2.05, 4.69) is 21.9 Å². The zero-order valence-corrected chi connectivity index (χ0v) is 18.5. The molecule has 4 rings (SSSR count). The number of rotatable bonds is 6. The summed E-state index contributed by atoms with van der Waals surface area (Å²) in [5, 5.41) is 4.53. The molecule has 0 N–H and O–H groups in total. The van der Waals surface area contributed by atoms with Crippen molar-refractivity contribution in [3.8, 4) is 11.5 Å². The lowest BCUT2D eigenvalue weighted by Crippen LogP contribution is -2.50. The smallest absolute Gasteiger partial charge is 0.260 e. The predicted molar refractivity (Wildman–Crippen MR) is 118 cm³/mol. The molecule has 0 aliphatic carbocycles. The first kappa shape index (κ1) is 20.9. The number of ether oxygens (including phenoxy) is 2. The molecule has 0 bridgehead atoms. The van der Waals surface area contributed by atoms with Gasteiger partial charge < -0.3 is 19.3 Å². The first-order valence-electron chi connectivity index (χ1n) is 10.5. The molecule has 0 radical (unpaired) electrons. The average Bonchev–Trinajstić information content (AvgIpc) is 3.10. The van der Waals surface area contributed by atoms with Crippen LogP contribution in [-0.2, 0) is 18.3 Å². The summed E-state index contributed by atoms with van der Waals surface area (Å²) in [6, 6.07) is 7.33. The Labute approximate surface area is 181 Å². The van der Waals surface area contributed by atoms with Crippen LogP contribution in [-0.4, -0.2) is 70.5 Å². The van der Waals surface area contributed by atoms with Gasteiger partial charge in [-0.3, -0.25) is 9.48 Å². The Hall–Kier alpha value is -3.36. The summed E-state index contributed by atoms with van der Waals surface area (Å²) in [6.07, 6.45) is 0.760. The summed E-state index contributed by atoms with van der Waals surface area (Å²) >= 11 is 0. The molecule has 2 aromatic heterocycles. The molecule has 0 saturated carbocycles. The van der Waals surface area contributed by atoms with Crippen molar-refractivity contribution in [1.29, 1.82) is 0 Å². The number of para-hydroxylation sites is 2. The Morgan fingerprint density at radius 2 is 1.81 bits per heavy atom. The quantitative estimate of drug-likeness (QED) is 0.598. The fraction of sp³-hybridized carbons (Fsp3) is 0.455. The molecule has 3 heterocycles. The van der Waals surface area contributed by atoms with Crippen molar-refractivity contribution in [2.24, 2.45) is 7.05 Å². The maximum Gasteiger partial charge on any atom is 0.260 e. The van der Waals surface area contributed by atoms with Crippen molar-refractivity contribution in [2.45, 2.75) is 20.3 Å². The van der Waals surface area contributed by atoms with E-state index in [1.54, 1.807) is 13.2 Å². The van der Waals surface area contributed by atoms with E-state index in [1.807, 2.05) is 41.8 Å². The van der Waals surface area contributed by atoms with E-state index < -0.39 is 0 Å². The Morgan fingerprint density at radius 1 is 1.10 bits per heavy atom. The average molecular weight is 425 g/mol. The lowest BCUT2D eigenvalue weighted by atomic mass is 10.2. The molecular weight excluding hydrogens is 396 g/mol. The number of hydrogen-bond donors (Lipinski definition) is 0. The van der Waals surface area contributed by atoms with Crippen LogP contribution in [0.15, 0.2) is 24.3 Å². The van der Waals surface area contributed by atoms with Gasteiger partial charge in [-0.25, -0.2) is 9.97 Å². The van der Waals surface area contributed by atoms with Crippen LogP contribution < -0.4 is 14.4 Å². The highest BCUT2D eigenvalue weighted by atomic mass is 16.5. The third-order valence-electron chi connectivity index (χ3n) is 5.55. The molecule has 31 heavy (non-hydrogen) atoms. The summed E-state index contributed by atoms with van der Waals surface area (Å²) in [5.41, 5.74) is 2.74. The number of aromatic nitrogens is 4. The lowest BCUT2D eigenvalue weighted by molar-refractivity contribution is -0.133. The van der Waals surface area contributed by atoms with Crippen molar-refractivity contribution in [2.75, 3.05) is 44.8 Å². The number of amides is 1. The van der Waals surface area contributed by atoms with Crippen LogP contribution in [0.3, 0.4) is 0 Å². The Morgan fingerprint density at radius 3 is 2.48 bits per heavy atom. The summed E-state index contributed by atoms with van der Waals surface area (Å²) < 4.78 is 12.8. The molecule has 1 aliphatic rings. The van der Waals surface area contributed by atoms with Gasteiger partial charge >= 0.3 is 0 Å². The van der Waals surface area contributed by atoms with Gasteiger partial charge in [0.15, 0.2) is 23.9 Å². The second-order valence-corrected chi connectivity index (χ2v) is 7.53. The third kappa shape index (κ3) is 4.12. The summed E-state index contributed by atoms with van der Waals surface area (Å²) in [4.78, 5) is 26.2. The van der Waals surface area contributed by atoms with Gasteiger partial charge in [0, 0.05) is 39.6 Å². The third-order valence-corrected chi connectivity index (χ3v) is 5.55. The molecule has 1 aromatic carbocycles. The van der Waals surface area contributed by atoms with Crippen molar-refractivity contribution in [3.05, 3.63) is 35.8 Å². The minimum absolute atomic E-state index is 0.0148. The van der Waals surface area contributed by atoms with E-state index in [0.717, 1.165) is 34.8 Å². The van der Waals surface area contributed by atoms with Crippen LogP contribution >= 0.6 is 0 Å². The van der Waals surface area contributed by atoms with Crippen LogP contribution in [0.2, 0.25) is 0 Å². The molecule has 164 valence electrons. The molecule has 0 atom stereocenters. The first-order valence-corrected chi connectivity index (χ1v) is 10.5. The fourth-order valence-electron chi connectivity index (χ4n) is 3.88. The summed E-state index contributed by atoms with van der Waals surface area (Å²) in [6.45, 7) is 6.61. The van der Waals surface area contributed by atoms with Crippen molar-refractivity contribution < 1.29 is 14.3 Å². The molecule has 1 aliphatic heterocycles. The maximum absolute atomic E-state index is 12.7. The molecular formula is C22H28N6O3. The van der Waals surface area contributed by atoms with E-state index in [0.29, 0.717) is 37.7 Å². The Balaban J connectivity index is 1.43. The van der Waals surface area contributed by atoms with Gasteiger partial charge in [0.2, 0.25) is 0 Å². The van der Waals surface area contributed by atoms with Crippen molar-refractivity contribution >= 4 is 22.8 Å². The van der Waals surface area contributed by atoms with Crippen LogP contribution in [0.25, 0.3) is 11.0 Å². The molecule has 1 amide bonds. The van der Waals surface area contributed by atoms with E-state index in [4.69, 9.17) is 14.5 Å². The topological polar surface area (TPSA) is 85.6 Å². The van der Waals surface area contributed by atoms with Gasteiger partial charge in [-0.2, -0.15) is 5.10 Å². The highest BCUT2D eigenvalue weighted by Crippen LogP contribution is 2.27. The number of benzene rings is 1. The normalized spacial score (nSPS) is 14.2.